The first-order valence-corrected chi connectivity index (χ1v) is 9.33. The molecule has 2 aromatic heterocycles. The predicted octanol–water partition coefficient (Wildman–Crippen LogP) is 3.50. The first-order chi connectivity index (χ1) is 13.1. The Morgan fingerprint density at radius 2 is 2.07 bits per heavy atom. The maximum atomic E-state index is 13.0. The molecule has 0 aliphatic rings. The summed E-state index contributed by atoms with van der Waals surface area (Å²) in [5.41, 5.74) is 0.777. The third kappa shape index (κ3) is 4.20. The van der Waals surface area contributed by atoms with Crippen LogP contribution in [0.15, 0.2) is 58.3 Å². The average molecular weight is 381 g/mol. The van der Waals surface area contributed by atoms with Gasteiger partial charge in [-0.3, -0.25) is 4.79 Å². The van der Waals surface area contributed by atoms with Crippen LogP contribution in [-0.2, 0) is 11.8 Å². The highest BCUT2D eigenvalue weighted by Gasteiger charge is 2.25. The van der Waals surface area contributed by atoms with Gasteiger partial charge in [-0.25, -0.2) is 0 Å². The molecule has 0 N–H and O–H groups in total. The van der Waals surface area contributed by atoms with Crippen LogP contribution in [0.5, 0.6) is 0 Å². The minimum atomic E-state index is -0.392. The number of thioether (sulfide) groups is 1. The normalized spacial score (nSPS) is 11.7. The minimum absolute atomic E-state index is 0.0796. The van der Waals surface area contributed by atoms with Crippen molar-refractivity contribution in [1.82, 2.24) is 14.8 Å². The Morgan fingerprint density at radius 1 is 1.30 bits per heavy atom. The van der Waals surface area contributed by atoms with Crippen molar-refractivity contribution in [2.45, 2.75) is 23.8 Å². The lowest BCUT2D eigenvalue weighted by atomic mass is 10.2. The van der Waals surface area contributed by atoms with E-state index >= 15 is 0 Å². The van der Waals surface area contributed by atoms with Crippen LogP contribution in [0.1, 0.15) is 13.3 Å². The molecule has 8 heteroatoms. The van der Waals surface area contributed by atoms with Gasteiger partial charge in [0.05, 0.1) is 24.0 Å². The van der Waals surface area contributed by atoms with Crippen molar-refractivity contribution < 1.29 is 9.21 Å². The quantitative estimate of drug-likeness (QED) is 0.582. The number of hydrogen-bond donors (Lipinski definition) is 0. The van der Waals surface area contributed by atoms with E-state index in [1.165, 1.54) is 11.8 Å². The number of nitriles is 1. The lowest BCUT2D eigenvalue weighted by Crippen LogP contribution is -2.37. The summed E-state index contributed by atoms with van der Waals surface area (Å²) in [6.45, 7) is 2.18. The Morgan fingerprint density at radius 3 is 2.74 bits per heavy atom. The first kappa shape index (κ1) is 18.7. The number of anilines is 1. The number of para-hydroxylation sites is 1. The minimum Gasteiger partial charge on any atom is -0.461 e. The van der Waals surface area contributed by atoms with E-state index in [2.05, 4.69) is 16.3 Å². The second-order valence-corrected chi connectivity index (χ2v) is 7.14. The van der Waals surface area contributed by atoms with E-state index in [-0.39, 0.29) is 12.3 Å². The van der Waals surface area contributed by atoms with E-state index in [4.69, 9.17) is 9.68 Å². The van der Waals surface area contributed by atoms with Gasteiger partial charge in [0.1, 0.15) is 0 Å². The maximum Gasteiger partial charge on any atom is 0.240 e. The summed E-state index contributed by atoms with van der Waals surface area (Å²) in [7, 11) is 1.84. The molecule has 0 unspecified atom stereocenters. The Balaban J connectivity index is 1.77. The lowest BCUT2D eigenvalue weighted by molar-refractivity contribution is -0.117. The smallest absolute Gasteiger partial charge is 0.240 e. The number of benzene rings is 1. The van der Waals surface area contributed by atoms with Crippen molar-refractivity contribution in [3.05, 3.63) is 48.7 Å². The Kier molecular flexibility index (Phi) is 5.94. The van der Waals surface area contributed by atoms with Gasteiger partial charge in [-0.2, -0.15) is 5.26 Å². The van der Waals surface area contributed by atoms with Crippen molar-refractivity contribution in [2.24, 2.45) is 7.05 Å². The number of carbonyl (C=O) groups excluding carboxylic acids is 1. The topological polar surface area (TPSA) is 87.9 Å². The highest BCUT2D eigenvalue weighted by atomic mass is 32.2. The average Bonchev–Trinajstić information content (AvgIpc) is 3.33. The summed E-state index contributed by atoms with van der Waals surface area (Å²) < 4.78 is 7.17. The van der Waals surface area contributed by atoms with Crippen molar-refractivity contribution in [3.63, 3.8) is 0 Å². The molecule has 0 bridgehead atoms. The van der Waals surface area contributed by atoms with Crippen LogP contribution in [0, 0.1) is 11.3 Å². The summed E-state index contributed by atoms with van der Waals surface area (Å²) in [5, 5.41) is 17.5. The van der Waals surface area contributed by atoms with Crippen molar-refractivity contribution in [2.75, 3.05) is 11.4 Å². The monoisotopic (exact) mass is 381 g/mol. The van der Waals surface area contributed by atoms with Gasteiger partial charge in [-0.1, -0.05) is 30.0 Å². The number of furan rings is 1. The molecule has 27 heavy (non-hydrogen) atoms. The van der Waals surface area contributed by atoms with Gasteiger partial charge in [0, 0.05) is 19.3 Å². The summed E-state index contributed by atoms with van der Waals surface area (Å²) in [6, 6.07) is 15.1. The second kappa shape index (κ2) is 8.56. The molecule has 1 atom stereocenters. The fourth-order valence-electron chi connectivity index (χ4n) is 2.60. The van der Waals surface area contributed by atoms with Crippen LogP contribution in [0.2, 0.25) is 0 Å². The summed E-state index contributed by atoms with van der Waals surface area (Å²) >= 11 is 1.33. The zero-order chi connectivity index (χ0) is 19.2. The number of hydrogen-bond acceptors (Lipinski definition) is 6. The van der Waals surface area contributed by atoms with E-state index in [0.29, 0.717) is 23.3 Å². The molecule has 3 rings (SSSR count). The zero-order valence-electron chi connectivity index (χ0n) is 15.1. The SMILES string of the molecule is C[C@H](Sc1nnc(-c2ccco2)n1C)C(=O)N(CCC#N)c1ccccc1. The molecule has 1 aromatic carbocycles. The molecule has 0 radical (unpaired) electrons. The number of aromatic nitrogens is 3. The van der Waals surface area contributed by atoms with Crippen molar-refractivity contribution >= 4 is 23.4 Å². The molecule has 0 saturated carbocycles. The molecular weight excluding hydrogens is 362 g/mol. The van der Waals surface area contributed by atoms with E-state index in [9.17, 15) is 4.79 Å². The zero-order valence-corrected chi connectivity index (χ0v) is 15.9. The van der Waals surface area contributed by atoms with Gasteiger partial charge in [0.25, 0.3) is 0 Å². The fourth-order valence-corrected chi connectivity index (χ4v) is 3.48. The van der Waals surface area contributed by atoms with Gasteiger partial charge >= 0.3 is 0 Å². The Hall–Kier alpha value is -3.05. The molecular formula is C19H19N5O2S. The van der Waals surface area contributed by atoms with Crippen molar-refractivity contribution in [1.29, 1.82) is 5.26 Å². The van der Waals surface area contributed by atoms with E-state index in [1.807, 2.05) is 50.4 Å². The van der Waals surface area contributed by atoms with E-state index in [1.54, 1.807) is 21.8 Å². The third-order valence-electron chi connectivity index (χ3n) is 3.99. The summed E-state index contributed by atoms with van der Waals surface area (Å²) in [6.07, 6.45) is 1.85. The largest absolute Gasteiger partial charge is 0.461 e. The second-order valence-electron chi connectivity index (χ2n) is 5.84. The van der Waals surface area contributed by atoms with E-state index in [0.717, 1.165) is 5.69 Å². The molecule has 0 spiro atoms. The molecule has 0 aliphatic carbocycles. The molecule has 7 nitrogen and oxygen atoms in total. The highest BCUT2D eigenvalue weighted by Crippen LogP contribution is 2.28. The molecule has 0 fully saturated rings. The number of rotatable bonds is 7. The maximum absolute atomic E-state index is 13.0. The molecule has 2 heterocycles. The fraction of sp³-hybridized carbons (Fsp3) is 0.263. The van der Waals surface area contributed by atoms with Crippen LogP contribution in [0.4, 0.5) is 5.69 Å². The van der Waals surface area contributed by atoms with Crippen LogP contribution in [0.25, 0.3) is 11.6 Å². The van der Waals surface area contributed by atoms with Crippen LogP contribution < -0.4 is 4.90 Å². The van der Waals surface area contributed by atoms with Gasteiger partial charge in [0.2, 0.25) is 5.91 Å². The first-order valence-electron chi connectivity index (χ1n) is 8.45. The van der Waals surface area contributed by atoms with Gasteiger partial charge < -0.3 is 13.9 Å². The molecule has 3 aromatic rings. The predicted molar refractivity (Wildman–Crippen MR) is 103 cm³/mol. The van der Waals surface area contributed by atoms with Gasteiger partial charge in [-0.05, 0) is 31.2 Å². The van der Waals surface area contributed by atoms with Crippen molar-refractivity contribution in [3.8, 4) is 17.7 Å². The number of amides is 1. The van der Waals surface area contributed by atoms with Crippen LogP contribution in [-0.4, -0.2) is 32.5 Å². The molecule has 1 amide bonds. The Labute approximate surface area is 161 Å². The third-order valence-corrected chi connectivity index (χ3v) is 5.11. The van der Waals surface area contributed by atoms with E-state index < -0.39 is 5.25 Å². The summed E-state index contributed by atoms with van der Waals surface area (Å²) in [5.74, 6) is 1.14. The van der Waals surface area contributed by atoms with Crippen LogP contribution >= 0.6 is 11.8 Å². The van der Waals surface area contributed by atoms with Gasteiger partial charge in [0.15, 0.2) is 16.7 Å². The number of nitrogens with zero attached hydrogens (tertiary/aromatic N) is 5. The van der Waals surface area contributed by atoms with Gasteiger partial charge in [-0.15, -0.1) is 10.2 Å². The Bertz CT molecular complexity index is 931. The molecule has 0 aliphatic heterocycles. The lowest BCUT2D eigenvalue weighted by Gasteiger charge is -2.24. The van der Waals surface area contributed by atoms with Crippen LogP contribution in [0.3, 0.4) is 0 Å². The molecule has 0 saturated heterocycles. The summed E-state index contributed by atoms with van der Waals surface area (Å²) in [4.78, 5) is 14.7. The highest BCUT2D eigenvalue weighted by molar-refractivity contribution is 8.00. The standard InChI is InChI=1S/C19H19N5O2S/c1-14(18(25)24(12-7-11-20)15-8-4-3-5-9-15)27-19-22-21-17(23(19)2)16-10-6-13-26-16/h3-6,8-10,13-14H,7,12H2,1-2H3/t14-/m0/s1. The number of carbonyl (C=O) groups is 1. The molecule has 138 valence electrons.